The van der Waals surface area contributed by atoms with E-state index in [1.54, 1.807) is 26.8 Å². The van der Waals surface area contributed by atoms with E-state index in [-0.39, 0.29) is 13.0 Å². The van der Waals surface area contributed by atoms with Crippen molar-refractivity contribution in [1.29, 1.82) is 5.26 Å². The molecule has 0 bridgehead atoms. The Morgan fingerprint density at radius 1 is 1.38 bits per heavy atom. The van der Waals surface area contributed by atoms with Gasteiger partial charge in [0.25, 0.3) is 0 Å². The van der Waals surface area contributed by atoms with Crippen LogP contribution in [0.4, 0.5) is 18.0 Å². The van der Waals surface area contributed by atoms with Gasteiger partial charge in [-0.3, -0.25) is 4.79 Å². The lowest BCUT2D eigenvalue weighted by atomic mass is 9.85. The molecule has 1 fully saturated rings. The van der Waals surface area contributed by atoms with Crippen molar-refractivity contribution in [3.63, 3.8) is 0 Å². The van der Waals surface area contributed by atoms with Crippen molar-refractivity contribution in [2.45, 2.75) is 58.4 Å². The van der Waals surface area contributed by atoms with Crippen molar-refractivity contribution in [3.05, 3.63) is 0 Å². The molecule has 0 aromatic heterocycles. The van der Waals surface area contributed by atoms with Crippen LogP contribution < -0.4 is 5.32 Å². The molecule has 0 aromatic rings. The second-order valence-corrected chi connectivity index (χ2v) is 6.97. The zero-order chi connectivity index (χ0) is 18.8. The summed E-state index contributed by atoms with van der Waals surface area (Å²) in [6.07, 6.45) is -6.34. The molecular formula is C15H22F3N3O3. The molecule has 0 aromatic carbocycles. The topological polar surface area (TPSA) is 82.4 Å². The number of hydrogen-bond donors (Lipinski definition) is 1. The molecule has 1 N–H and O–H groups in total. The number of carbonyl (C=O) groups excluding carboxylic acids is 2. The number of nitriles is 1. The number of hydrogen-bond acceptors (Lipinski definition) is 4. The fourth-order valence-corrected chi connectivity index (χ4v) is 2.39. The molecule has 1 aliphatic heterocycles. The maximum Gasteiger partial charge on any atom is 0.410 e. The monoisotopic (exact) mass is 349 g/mol. The summed E-state index contributed by atoms with van der Waals surface area (Å²) in [6, 6.07) is 1.08. The number of nitrogens with zero attached hydrogens (tertiary/aromatic N) is 2. The van der Waals surface area contributed by atoms with Crippen LogP contribution >= 0.6 is 0 Å². The third kappa shape index (κ3) is 4.52. The zero-order valence-corrected chi connectivity index (χ0v) is 14.2. The molecule has 2 atom stereocenters. The third-order valence-corrected chi connectivity index (χ3v) is 3.67. The van der Waals surface area contributed by atoms with Gasteiger partial charge < -0.3 is 15.0 Å². The summed E-state index contributed by atoms with van der Waals surface area (Å²) in [5.41, 5.74) is -3.53. The number of nitrogens with one attached hydrogen (secondary N) is 1. The lowest BCUT2D eigenvalue weighted by Gasteiger charge is -2.31. The van der Waals surface area contributed by atoms with E-state index in [1.807, 2.05) is 0 Å². The maximum atomic E-state index is 13.6. The van der Waals surface area contributed by atoms with Gasteiger partial charge in [-0.1, -0.05) is 0 Å². The predicted molar refractivity (Wildman–Crippen MR) is 78.7 cm³/mol. The van der Waals surface area contributed by atoms with Crippen LogP contribution in [0.15, 0.2) is 0 Å². The van der Waals surface area contributed by atoms with Crippen molar-refractivity contribution in [3.8, 4) is 6.07 Å². The van der Waals surface area contributed by atoms with Crippen LogP contribution in [0.5, 0.6) is 0 Å². The lowest BCUT2D eigenvalue weighted by molar-refractivity contribution is -0.217. The van der Waals surface area contributed by atoms with Crippen LogP contribution in [-0.4, -0.2) is 47.8 Å². The molecule has 0 radical (unpaired) electrons. The van der Waals surface area contributed by atoms with Crippen molar-refractivity contribution < 1.29 is 27.5 Å². The first-order chi connectivity index (χ1) is 10.8. The molecule has 0 unspecified atom stereocenters. The van der Waals surface area contributed by atoms with E-state index in [9.17, 15) is 22.8 Å². The highest BCUT2D eigenvalue weighted by molar-refractivity contribution is 5.85. The quantitative estimate of drug-likeness (QED) is 0.849. The maximum absolute atomic E-state index is 13.6. The van der Waals surface area contributed by atoms with Gasteiger partial charge in [-0.25, -0.2) is 4.79 Å². The van der Waals surface area contributed by atoms with Crippen LogP contribution in [0, 0.1) is 16.7 Å². The lowest BCUT2D eigenvalue weighted by Crippen LogP contribution is -2.54. The first-order valence-corrected chi connectivity index (χ1v) is 7.55. The summed E-state index contributed by atoms with van der Waals surface area (Å²) in [4.78, 5) is 25.1. The summed E-state index contributed by atoms with van der Waals surface area (Å²) in [6.45, 7) is 5.24. The van der Waals surface area contributed by atoms with E-state index >= 15 is 0 Å². The minimum atomic E-state index is -4.82. The molecule has 0 aliphatic carbocycles. The SMILES string of the molecule is C[C@H](CC#N)NC(=O)[C@@]1(C(F)(F)F)CCN(C(=O)OC(C)(C)C)C1. The van der Waals surface area contributed by atoms with Crippen molar-refractivity contribution >= 4 is 12.0 Å². The van der Waals surface area contributed by atoms with Crippen LogP contribution in [0.3, 0.4) is 0 Å². The van der Waals surface area contributed by atoms with Crippen molar-refractivity contribution in [2.24, 2.45) is 5.41 Å². The molecule has 136 valence electrons. The highest BCUT2D eigenvalue weighted by Crippen LogP contribution is 2.46. The van der Waals surface area contributed by atoms with Crippen LogP contribution in [0.25, 0.3) is 0 Å². The molecule has 1 saturated heterocycles. The number of amides is 2. The minimum Gasteiger partial charge on any atom is -0.444 e. The number of rotatable bonds is 3. The van der Waals surface area contributed by atoms with Gasteiger partial charge in [-0.15, -0.1) is 0 Å². The summed E-state index contributed by atoms with van der Waals surface area (Å²) in [5.74, 6) is -1.22. The Hall–Kier alpha value is -1.98. The molecular weight excluding hydrogens is 327 g/mol. The standard InChI is InChI=1S/C15H22F3N3O3/c1-10(5-7-19)20-11(22)14(15(16,17)18)6-8-21(9-14)12(23)24-13(2,3)4/h10H,5-6,8-9H2,1-4H3,(H,20,22)/t10-,14-/m1/s1. The Kier molecular flexibility index (Phi) is 5.74. The Morgan fingerprint density at radius 2 is 1.96 bits per heavy atom. The Bertz CT molecular complexity index is 537. The zero-order valence-electron chi connectivity index (χ0n) is 14.2. The number of ether oxygens (including phenoxy) is 1. The van der Waals surface area contributed by atoms with Crippen LogP contribution in [0.1, 0.15) is 40.5 Å². The molecule has 6 nitrogen and oxygen atoms in total. The number of alkyl halides is 3. The van der Waals surface area contributed by atoms with Crippen LogP contribution in [0.2, 0.25) is 0 Å². The second kappa shape index (κ2) is 6.87. The predicted octanol–water partition coefficient (Wildman–Crippen LogP) is 2.59. The van der Waals surface area contributed by atoms with E-state index < -0.39 is 48.2 Å². The summed E-state index contributed by atoms with van der Waals surface area (Å²) in [5, 5.41) is 10.8. The number of halogens is 3. The van der Waals surface area contributed by atoms with Gasteiger partial charge in [0.1, 0.15) is 5.60 Å². The summed E-state index contributed by atoms with van der Waals surface area (Å²) >= 11 is 0. The number of carbonyl (C=O) groups is 2. The van der Waals surface area contributed by atoms with E-state index in [1.165, 1.54) is 6.92 Å². The smallest absolute Gasteiger partial charge is 0.410 e. The molecule has 1 aliphatic rings. The van der Waals surface area contributed by atoms with Gasteiger partial charge in [0.05, 0.1) is 12.5 Å². The highest BCUT2D eigenvalue weighted by atomic mass is 19.4. The van der Waals surface area contributed by atoms with Gasteiger partial charge in [0.15, 0.2) is 5.41 Å². The number of likely N-dealkylation sites (tertiary alicyclic amines) is 1. The first-order valence-electron chi connectivity index (χ1n) is 7.55. The van der Waals surface area contributed by atoms with Gasteiger partial charge in [-0.05, 0) is 34.1 Å². The van der Waals surface area contributed by atoms with E-state index in [0.717, 1.165) is 4.90 Å². The Morgan fingerprint density at radius 3 is 2.42 bits per heavy atom. The first kappa shape index (κ1) is 20.1. The van der Waals surface area contributed by atoms with Gasteiger partial charge in [0.2, 0.25) is 5.91 Å². The third-order valence-electron chi connectivity index (χ3n) is 3.67. The normalized spacial score (nSPS) is 22.7. The molecule has 2 amide bonds. The molecule has 0 saturated carbocycles. The molecule has 9 heteroatoms. The van der Waals surface area contributed by atoms with E-state index in [4.69, 9.17) is 10.00 Å². The fourth-order valence-electron chi connectivity index (χ4n) is 2.39. The van der Waals surface area contributed by atoms with Gasteiger partial charge in [0, 0.05) is 19.1 Å². The van der Waals surface area contributed by atoms with Gasteiger partial charge in [-0.2, -0.15) is 18.4 Å². The fraction of sp³-hybridized carbons (Fsp3) is 0.800. The second-order valence-electron chi connectivity index (χ2n) is 6.97. The largest absolute Gasteiger partial charge is 0.444 e. The molecule has 24 heavy (non-hydrogen) atoms. The molecule has 1 heterocycles. The molecule has 1 rings (SSSR count). The van der Waals surface area contributed by atoms with E-state index in [0.29, 0.717) is 0 Å². The van der Waals surface area contributed by atoms with Crippen molar-refractivity contribution in [2.75, 3.05) is 13.1 Å². The molecule has 0 spiro atoms. The summed E-state index contributed by atoms with van der Waals surface area (Å²) < 4.78 is 45.8. The average Bonchev–Trinajstić information content (AvgIpc) is 2.82. The minimum absolute atomic E-state index is 0.102. The van der Waals surface area contributed by atoms with Crippen LogP contribution in [-0.2, 0) is 9.53 Å². The Balaban J connectivity index is 2.95. The van der Waals surface area contributed by atoms with Crippen molar-refractivity contribution in [1.82, 2.24) is 10.2 Å². The van der Waals surface area contributed by atoms with E-state index in [2.05, 4.69) is 5.32 Å². The summed E-state index contributed by atoms with van der Waals surface area (Å²) in [7, 11) is 0. The highest BCUT2D eigenvalue weighted by Gasteiger charge is 2.64. The average molecular weight is 349 g/mol. The Labute approximate surface area is 138 Å². The van der Waals surface area contributed by atoms with Gasteiger partial charge >= 0.3 is 12.3 Å².